The molecule has 1 aromatic rings. The molecule has 1 rings (SSSR count). The Bertz CT molecular complexity index is 340. The van der Waals surface area contributed by atoms with Crippen LogP contribution < -0.4 is 0 Å². The summed E-state index contributed by atoms with van der Waals surface area (Å²) in [6.07, 6.45) is 1.91. The largest absolute Gasteiger partial charge is 0.389 e. The highest BCUT2D eigenvalue weighted by molar-refractivity contribution is 5.15. The second-order valence-electron chi connectivity index (χ2n) is 5.18. The molecule has 18 heavy (non-hydrogen) atoms. The molecular weight excluding hydrogens is 222 g/mol. The monoisotopic (exact) mass is 249 g/mol. The lowest BCUT2D eigenvalue weighted by Crippen LogP contribution is -2.42. The van der Waals surface area contributed by atoms with Gasteiger partial charge in [0.15, 0.2) is 0 Å². The Morgan fingerprint density at radius 3 is 2.33 bits per heavy atom. The van der Waals surface area contributed by atoms with Crippen molar-refractivity contribution < 1.29 is 5.11 Å². The van der Waals surface area contributed by atoms with Gasteiger partial charge in [-0.3, -0.25) is 4.90 Å². The lowest BCUT2D eigenvalue weighted by atomic mass is 10.1. The van der Waals surface area contributed by atoms with Crippen LogP contribution in [0.1, 0.15) is 33.8 Å². The van der Waals surface area contributed by atoms with Gasteiger partial charge in [-0.1, -0.05) is 43.8 Å². The summed E-state index contributed by atoms with van der Waals surface area (Å²) in [5.74, 6) is 0. The second kappa shape index (κ2) is 7.34. The summed E-state index contributed by atoms with van der Waals surface area (Å²) in [5, 5.41) is 9.93. The fourth-order valence-electron chi connectivity index (χ4n) is 1.81. The van der Waals surface area contributed by atoms with E-state index < -0.39 is 5.60 Å². The molecular formula is C16H27NO. The first kappa shape index (κ1) is 16.9. The third kappa shape index (κ3) is 5.99. The molecule has 0 aliphatic rings. The van der Waals surface area contributed by atoms with Crippen LogP contribution in [0.15, 0.2) is 43.0 Å². The number of aliphatic hydroxyl groups is 1. The standard InChI is InChI=1S/C15H23NO.CH4/c1-5-13(2)16(12-15(3,4)17)11-14-9-7-6-8-10-14;/h5-10,13,17H,1,11-12H2,2-4H3;1H4. The lowest BCUT2D eigenvalue weighted by Gasteiger charge is -2.32. The van der Waals surface area contributed by atoms with Crippen molar-refractivity contribution in [2.75, 3.05) is 6.54 Å². The van der Waals surface area contributed by atoms with Crippen molar-refractivity contribution in [3.63, 3.8) is 0 Å². The third-order valence-electron chi connectivity index (χ3n) is 2.74. The summed E-state index contributed by atoms with van der Waals surface area (Å²) >= 11 is 0. The minimum atomic E-state index is -0.688. The fraction of sp³-hybridized carbons (Fsp3) is 0.500. The molecule has 102 valence electrons. The van der Waals surface area contributed by atoms with Crippen LogP contribution in [0.3, 0.4) is 0 Å². The lowest BCUT2D eigenvalue weighted by molar-refractivity contribution is 0.0264. The Morgan fingerprint density at radius 1 is 1.33 bits per heavy atom. The number of nitrogens with zero attached hydrogens (tertiary/aromatic N) is 1. The zero-order chi connectivity index (χ0) is 12.9. The molecule has 0 bridgehead atoms. The Balaban J connectivity index is 0.00000289. The Morgan fingerprint density at radius 2 is 1.89 bits per heavy atom. The molecule has 1 N–H and O–H groups in total. The predicted octanol–water partition coefficient (Wildman–Crippen LogP) is 3.47. The van der Waals surface area contributed by atoms with Gasteiger partial charge in [-0.15, -0.1) is 6.58 Å². The van der Waals surface area contributed by atoms with Gasteiger partial charge in [0.1, 0.15) is 0 Å². The summed E-state index contributed by atoms with van der Waals surface area (Å²) in [7, 11) is 0. The summed E-state index contributed by atoms with van der Waals surface area (Å²) in [6, 6.07) is 10.6. The first-order valence-corrected chi connectivity index (χ1v) is 6.05. The van der Waals surface area contributed by atoms with E-state index in [0.717, 1.165) is 6.54 Å². The summed E-state index contributed by atoms with van der Waals surface area (Å²) in [4.78, 5) is 2.22. The van der Waals surface area contributed by atoms with Crippen molar-refractivity contribution in [2.45, 2.75) is 46.4 Å². The molecule has 1 unspecified atom stereocenters. The molecule has 1 atom stereocenters. The van der Waals surface area contributed by atoms with Gasteiger partial charge in [0, 0.05) is 19.1 Å². The molecule has 0 aromatic heterocycles. The fourth-order valence-corrected chi connectivity index (χ4v) is 1.81. The molecule has 2 heteroatoms. The maximum absolute atomic E-state index is 9.93. The second-order valence-corrected chi connectivity index (χ2v) is 5.18. The van der Waals surface area contributed by atoms with Crippen LogP contribution in [0.5, 0.6) is 0 Å². The minimum Gasteiger partial charge on any atom is -0.389 e. The van der Waals surface area contributed by atoms with Crippen molar-refractivity contribution in [3.8, 4) is 0 Å². The van der Waals surface area contributed by atoms with Gasteiger partial charge in [-0.25, -0.2) is 0 Å². The van der Waals surface area contributed by atoms with Crippen LogP contribution in [0, 0.1) is 0 Å². The summed E-state index contributed by atoms with van der Waals surface area (Å²) in [5.41, 5.74) is 0.567. The van der Waals surface area contributed by atoms with E-state index in [1.807, 2.05) is 38.1 Å². The molecule has 0 aliphatic heterocycles. The predicted molar refractivity (Wildman–Crippen MR) is 79.5 cm³/mol. The van der Waals surface area contributed by atoms with Crippen LogP contribution in [-0.4, -0.2) is 28.2 Å². The highest BCUT2D eigenvalue weighted by atomic mass is 16.3. The normalized spacial score (nSPS) is 12.9. The van der Waals surface area contributed by atoms with Crippen molar-refractivity contribution in [1.82, 2.24) is 4.90 Å². The van der Waals surface area contributed by atoms with Crippen molar-refractivity contribution >= 4 is 0 Å². The van der Waals surface area contributed by atoms with E-state index in [1.165, 1.54) is 5.56 Å². The van der Waals surface area contributed by atoms with Crippen LogP contribution in [-0.2, 0) is 6.54 Å². The quantitative estimate of drug-likeness (QED) is 0.780. The van der Waals surface area contributed by atoms with Gasteiger partial charge in [-0.05, 0) is 26.3 Å². The van der Waals surface area contributed by atoms with E-state index >= 15 is 0 Å². The SMILES string of the molecule is C.C=CC(C)N(Cc1ccccc1)CC(C)(C)O. The van der Waals surface area contributed by atoms with Gasteiger partial charge in [-0.2, -0.15) is 0 Å². The number of hydrogen-bond donors (Lipinski definition) is 1. The summed E-state index contributed by atoms with van der Waals surface area (Å²) in [6.45, 7) is 11.1. The highest BCUT2D eigenvalue weighted by Crippen LogP contribution is 2.13. The van der Waals surface area contributed by atoms with Crippen LogP contribution >= 0.6 is 0 Å². The topological polar surface area (TPSA) is 23.5 Å². The van der Waals surface area contributed by atoms with Crippen LogP contribution in [0.25, 0.3) is 0 Å². The number of hydrogen-bond acceptors (Lipinski definition) is 2. The average molecular weight is 249 g/mol. The van der Waals surface area contributed by atoms with Crippen LogP contribution in [0.2, 0.25) is 0 Å². The van der Waals surface area contributed by atoms with E-state index in [-0.39, 0.29) is 13.5 Å². The van der Waals surface area contributed by atoms with Crippen molar-refractivity contribution in [2.24, 2.45) is 0 Å². The molecule has 0 radical (unpaired) electrons. The van der Waals surface area contributed by atoms with E-state index in [4.69, 9.17) is 0 Å². The molecule has 1 aromatic carbocycles. The molecule has 0 aliphatic carbocycles. The number of benzene rings is 1. The Hall–Kier alpha value is -1.12. The molecule has 0 amide bonds. The first-order chi connectivity index (χ1) is 7.92. The molecule has 0 saturated heterocycles. The highest BCUT2D eigenvalue weighted by Gasteiger charge is 2.20. The third-order valence-corrected chi connectivity index (χ3v) is 2.74. The Labute approximate surface area is 112 Å². The molecule has 0 heterocycles. The van der Waals surface area contributed by atoms with Gasteiger partial charge < -0.3 is 5.11 Å². The zero-order valence-corrected chi connectivity index (χ0v) is 11.1. The zero-order valence-electron chi connectivity index (χ0n) is 11.1. The van der Waals surface area contributed by atoms with Gasteiger partial charge in [0.05, 0.1) is 5.60 Å². The van der Waals surface area contributed by atoms with Gasteiger partial charge in [0.2, 0.25) is 0 Å². The van der Waals surface area contributed by atoms with Gasteiger partial charge in [0.25, 0.3) is 0 Å². The Kier molecular flexibility index (Phi) is 6.89. The van der Waals surface area contributed by atoms with E-state index in [1.54, 1.807) is 0 Å². The smallest absolute Gasteiger partial charge is 0.0718 e. The maximum atomic E-state index is 9.93. The molecule has 0 spiro atoms. The van der Waals surface area contributed by atoms with Crippen molar-refractivity contribution in [3.05, 3.63) is 48.6 Å². The van der Waals surface area contributed by atoms with E-state index in [2.05, 4.69) is 30.5 Å². The first-order valence-electron chi connectivity index (χ1n) is 6.05. The number of rotatable bonds is 6. The minimum absolute atomic E-state index is 0. The molecule has 0 saturated carbocycles. The van der Waals surface area contributed by atoms with E-state index in [0.29, 0.717) is 6.54 Å². The maximum Gasteiger partial charge on any atom is 0.0718 e. The molecule has 0 fully saturated rings. The van der Waals surface area contributed by atoms with Crippen LogP contribution in [0.4, 0.5) is 0 Å². The average Bonchev–Trinajstić information content (AvgIpc) is 2.27. The van der Waals surface area contributed by atoms with E-state index in [9.17, 15) is 5.11 Å². The van der Waals surface area contributed by atoms with Crippen molar-refractivity contribution in [1.29, 1.82) is 0 Å². The molecule has 2 nitrogen and oxygen atoms in total. The summed E-state index contributed by atoms with van der Waals surface area (Å²) < 4.78 is 0. The van der Waals surface area contributed by atoms with Gasteiger partial charge >= 0.3 is 0 Å².